The van der Waals surface area contributed by atoms with Crippen LogP contribution in [-0.2, 0) is 24.0 Å². The van der Waals surface area contributed by atoms with Crippen molar-refractivity contribution in [3.05, 3.63) is 0 Å². The molecule has 0 radical (unpaired) electrons. The van der Waals surface area contributed by atoms with E-state index in [2.05, 4.69) is 0 Å². The second-order valence-electron chi connectivity index (χ2n) is 6.34. The Hall–Kier alpha value is -0.660. The van der Waals surface area contributed by atoms with Gasteiger partial charge in [0.25, 0.3) is 0 Å². The summed E-state index contributed by atoms with van der Waals surface area (Å²) in [6.45, 7) is 3.75. The van der Waals surface area contributed by atoms with Crippen LogP contribution in [0.5, 0.6) is 0 Å². The second kappa shape index (κ2) is 6.22. The third kappa shape index (κ3) is 3.40. The summed E-state index contributed by atoms with van der Waals surface area (Å²) in [6, 6.07) is 0. The largest absolute Gasteiger partial charge is 0.459 e. The minimum absolute atomic E-state index is 0.166. The summed E-state index contributed by atoms with van der Waals surface area (Å²) in [7, 11) is -0.890. The van der Waals surface area contributed by atoms with Gasteiger partial charge in [-0.2, -0.15) is 12.7 Å². The normalized spacial score (nSPS) is 33.4. The lowest BCUT2D eigenvalue weighted by Gasteiger charge is -2.31. The lowest BCUT2D eigenvalue weighted by Crippen LogP contribution is -2.42. The molecule has 6 nitrogen and oxygen atoms in total. The van der Waals surface area contributed by atoms with Crippen LogP contribution in [0.2, 0.25) is 0 Å². The van der Waals surface area contributed by atoms with E-state index in [1.54, 1.807) is 0 Å². The summed E-state index contributed by atoms with van der Waals surface area (Å²) in [6.07, 6.45) is 2.54. The number of ether oxygens (including phenoxy) is 1. The quantitative estimate of drug-likeness (QED) is 0.695. The van der Waals surface area contributed by atoms with Crippen LogP contribution in [0.15, 0.2) is 0 Å². The Morgan fingerprint density at radius 1 is 1.24 bits per heavy atom. The van der Waals surface area contributed by atoms with E-state index in [0.717, 1.165) is 23.6 Å². The molecule has 2 aliphatic carbocycles. The van der Waals surface area contributed by atoms with Crippen molar-refractivity contribution in [2.45, 2.75) is 51.7 Å². The van der Waals surface area contributed by atoms with Crippen LogP contribution < -0.4 is 0 Å². The summed E-state index contributed by atoms with van der Waals surface area (Å²) >= 11 is 0. The first-order valence-electron chi connectivity index (χ1n) is 7.57. The zero-order chi connectivity index (χ0) is 15.8. The molecule has 7 heteroatoms. The van der Waals surface area contributed by atoms with E-state index in [-0.39, 0.29) is 23.7 Å². The molecule has 2 aliphatic rings. The van der Waals surface area contributed by atoms with Gasteiger partial charge in [0.2, 0.25) is 0 Å². The van der Waals surface area contributed by atoms with Crippen LogP contribution in [0.4, 0.5) is 0 Å². The molecule has 0 amide bonds. The van der Waals surface area contributed by atoms with Crippen molar-refractivity contribution in [1.82, 2.24) is 4.31 Å². The Morgan fingerprint density at radius 2 is 1.81 bits per heavy atom. The molecule has 2 saturated carbocycles. The summed E-state index contributed by atoms with van der Waals surface area (Å²) < 4.78 is 35.9. The molecule has 0 aliphatic heterocycles. The highest BCUT2D eigenvalue weighted by atomic mass is 32.2. The number of rotatable bonds is 6. The maximum atomic E-state index is 12.0. The van der Waals surface area contributed by atoms with Gasteiger partial charge in [-0.25, -0.2) is 0 Å². The Bertz CT molecular complexity index is 490. The van der Waals surface area contributed by atoms with E-state index in [1.165, 1.54) is 14.1 Å². The smallest absolute Gasteiger partial charge is 0.338 e. The summed E-state index contributed by atoms with van der Waals surface area (Å²) in [4.78, 5) is 12.0. The Kier molecular flexibility index (Phi) is 4.95. The Morgan fingerprint density at radius 3 is 2.33 bits per heavy atom. The fourth-order valence-electron chi connectivity index (χ4n) is 3.13. The average molecular weight is 319 g/mol. The molecular formula is C14H25NO5S. The molecule has 122 valence electrons. The van der Waals surface area contributed by atoms with Crippen LogP contribution in [0.1, 0.15) is 39.5 Å². The minimum Gasteiger partial charge on any atom is -0.459 e. The van der Waals surface area contributed by atoms with Gasteiger partial charge in [0.15, 0.2) is 0 Å². The van der Waals surface area contributed by atoms with E-state index in [4.69, 9.17) is 8.92 Å². The van der Waals surface area contributed by atoms with Gasteiger partial charge in [-0.05, 0) is 37.5 Å². The van der Waals surface area contributed by atoms with Gasteiger partial charge >= 0.3 is 16.3 Å². The van der Waals surface area contributed by atoms with Crippen molar-refractivity contribution in [3.8, 4) is 0 Å². The number of esters is 1. The molecule has 5 atom stereocenters. The predicted octanol–water partition coefficient (Wildman–Crippen LogP) is 1.57. The van der Waals surface area contributed by atoms with Crippen LogP contribution in [-0.4, -0.2) is 45.0 Å². The van der Waals surface area contributed by atoms with Crippen LogP contribution in [0, 0.1) is 17.8 Å². The highest BCUT2D eigenvalue weighted by Gasteiger charge is 2.52. The van der Waals surface area contributed by atoms with Crippen LogP contribution in [0.25, 0.3) is 0 Å². The highest BCUT2D eigenvalue weighted by Crippen LogP contribution is 2.48. The van der Waals surface area contributed by atoms with Crippen molar-refractivity contribution in [1.29, 1.82) is 0 Å². The van der Waals surface area contributed by atoms with Gasteiger partial charge in [-0.1, -0.05) is 13.8 Å². The molecule has 0 N–H and O–H groups in total. The molecule has 5 unspecified atom stereocenters. The highest BCUT2D eigenvalue weighted by molar-refractivity contribution is 7.84. The number of carbonyl (C=O) groups is 1. The second-order valence-corrected chi connectivity index (χ2v) is 8.12. The molecule has 0 aromatic carbocycles. The molecule has 0 spiro atoms. The Labute approximate surface area is 127 Å². The first-order valence-corrected chi connectivity index (χ1v) is 8.94. The fourth-order valence-corrected chi connectivity index (χ4v) is 3.85. The molecule has 0 heterocycles. The molecule has 0 aromatic rings. The maximum absolute atomic E-state index is 12.0. The zero-order valence-electron chi connectivity index (χ0n) is 13.1. The zero-order valence-corrected chi connectivity index (χ0v) is 13.9. The number of carbonyl (C=O) groups excluding carboxylic acids is 1. The molecular weight excluding hydrogens is 294 g/mol. The SMILES string of the molecule is CCC(C)C(=O)OC1C2CCC(C2)C1OS(=O)(=O)N(C)C. The maximum Gasteiger partial charge on any atom is 0.338 e. The number of hydrogen-bond donors (Lipinski definition) is 0. The number of hydrogen-bond acceptors (Lipinski definition) is 5. The summed E-state index contributed by atoms with van der Waals surface area (Å²) in [5, 5.41) is 0. The molecule has 2 rings (SSSR count). The van der Waals surface area contributed by atoms with E-state index in [1.807, 2.05) is 13.8 Å². The van der Waals surface area contributed by atoms with Crippen molar-refractivity contribution in [2.75, 3.05) is 14.1 Å². The van der Waals surface area contributed by atoms with Gasteiger partial charge < -0.3 is 4.74 Å². The van der Waals surface area contributed by atoms with E-state index in [0.29, 0.717) is 6.42 Å². The first-order chi connectivity index (χ1) is 9.76. The van der Waals surface area contributed by atoms with Crippen LogP contribution in [0.3, 0.4) is 0 Å². The lowest BCUT2D eigenvalue weighted by molar-refractivity contribution is -0.161. The monoisotopic (exact) mass is 319 g/mol. The van der Waals surface area contributed by atoms with E-state index >= 15 is 0 Å². The van der Waals surface area contributed by atoms with Crippen molar-refractivity contribution < 1.29 is 22.1 Å². The van der Waals surface area contributed by atoms with Gasteiger partial charge in [-0.3, -0.25) is 8.98 Å². The molecule has 0 aromatic heterocycles. The van der Waals surface area contributed by atoms with Crippen molar-refractivity contribution >= 4 is 16.3 Å². The number of fused-ring (bicyclic) bond motifs is 2. The van der Waals surface area contributed by atoms with Gasteiger partial charge in [0.1, 0.15) is 12.2 Å². The third-order valence-corrected chi connectivity index (χ3v) is 6.07. The van der Waals surface area contributed by atoms with Gasteiger partial charge in [-0.15, -0.1) is 0 Å². The average Bonchev–Trinajstić information content (AvgIpc) is 3.00. The predicted molar refractivity (Wildman–Crippen MR) is 77.6 cm³/mol. The Balaban J connectivity index is 2.10. The molecule has 2 fully saturated rings. The van der Waals surface area contributed by atoms with Crippen molar-refractivity contribution in [2.24, 2.45) is 17.8 Å². The standard InChI is InChI=1S/C14H25NO5S/c1-5-9(2)14(16)19-12-10-6-7-11(8-10)13(12)20-21(17,18)15(3)4/h9-13H,5-8H2,1-4H3. The molecule has 2 bridgehead atoms. The first kappa shape index (κ1) is 16.7. The minimum atomic E-state index is -3.76. The van der Waals surface area contributed by atoms with E-state index < -0.39 is 22.5 Å². The van der Waals surface area contributed by atoms with Gasteiger partial charge in [0, 0.05) is 14.1 Å². The molecule has 0 saturated heterocycles. The number of nitrogens with zero attached hydrogens (tertiary/aromatic N) is 1. The van der Waals surface area contributed by atoms with E-state index in [9.17, 15) is 13.2 Å². The van der Waals surface area contributed by atoms with Crippen molar-refractivity contribution in [3.63, 3.8) is 0 Å². The fraction of sp³-hybridized carbons (Fsp3) is 0.929. The summed E-state index contributed by atoms with van der Waals surface area (Å²) in [5.74, 6) is -0.0361. The topological polar surface area (TPSA) is 72.9 Å². The van der Waals surface area contributed by atoms with Crippen LogP contribution >= 0.6 is 0 Å². The van der Waals surface area contributed by atoms with Gasteiger partial charge in [0.05, 0.1) is 5.92 Å². The summed E-state index contributed by atoms with van der Waals surface area (Å²) in [5.41, 5.74) is 0. The lowest BCUT2D eigenvalue weighted by atomic mass is 9.94. The molecule has 21 heavy (non-hydrogen) atoms. The third-order valence-electron chi connectivity index (χ3n) is 4.71.